The first-order chi connectivity index (χ1) is 6.25. The molecule has 0 amide bonds. The number of carbonyl (C=O) groups excluding carboxylic acids is 1. The molecular weight excluding hydrogens is 206 g/mol. The second-order valence-electron chi connectivity index (χ2n) is 3.20. The molecule has 0 saturated carbocycles. The third-order valence-electron chi connectivity index (χ3n) is 2.22. The van der Waals surface area contributed by atoms with E-state index in [0.29, 0.717) is 12.3 Å². The Kier molecular flexibility index (Phi) is 2.67. The molecule has 0 aliphatic carbocycles. The highest BCUT2D eigenvalue weighted by atomic mass is 35.5. The van der Waals surface area contributed by atoms with Crippen molar-refractivity contribution in [3.63, 3.8) is 0 Å². The van der Waals surface area contributed by atoms with Gasteiger partial charge in [-0.05, 0) is 18.6 Å². The van der Waals surface area contributed by atoms with Crippen LogP contribution in [0.25, 0.3) is 0 Å². The Hall–Kier alpha value is -0.380. The molecule has 1 aromatic rings. The molecule has 1 unspecified atom stereocenters. The van der Waals surface area contributed by atoms with Gasteiger partial charge in [0, 0.05) is 17.3 Å². The summed E-state index contributed by atoms with van der Waals surface area (Å²) < 4.78 is 0.799. The number of thiophene rings is 1. The summed E-state index contributed by atoms with van der Waals surface area (Å²) in [6.07, 6.45) is 0.837. The van der Waals surface area contributed by atoms with Crippen LogP contribution in [0.1, 0.15) is 4.88 Å². The van der Waals surface area contributed by atoms with E-state index in [-0.39, 0.29) is 5.92 Å². The first-order valence-corrected chi connectivity index (χ1v) is 5.43. The average molecular weight is 216 g/mol. The van der Waals surface area contributed by atoms with Gasteiger partial charge >= 0.3 is 0 Å². The van der Waals surface area contributed by atoms with Crippen LogP contribution in [0.5, 0.6) is 0 Å². The van der Waals surface area contributed by atoms with Crippen LogP contribution < -0.4 is 5.32 Å². The minimum absolute atomic E-state index is 0.162. The van der Waals surface area contributed by atoms with E-state index in [1.807, 2.05) is 12.1 Å². The number of hydrogen-bond acceptors (Lipinski definition) is 3. The van der Waals surface area contributed by atoms with E-state index < -0.39 is 0 Å². The molecule has 0 spiro atoms. The molecule has 2 heterocycles. The summed E-state index contributed by atoms with van der Waals surface area (Å²) in [4.78, 5) is 12.5. The van der Waals surface area contributed by atoms with Crippen molar-refractivity contribution in [1.82, 2.24) is 5.32 Å². The molecule has 1 aliphatic heterocycles. The molecule has 0 bridgehead atoms. The standard InChI is InChI=1S/C9H10ClNOS/c10-9-2-1-7(13-9)3-6-4-11-5-8(6)12/h1-2,6,11H,3-5H2. The summed E-state index contributed by atoms with van der Waals surface area (Å²) in [5.41, 5.74) is 0. The summed E-state index contributed by atoms with van der Waals surface area (Å²) in [6.45, 7) is 1.35. The minimum atomic E-state index is 0.162. The molecular formula is C9H10ClNOS. The van der Waals surface area contributed by atoms with Gasteiger partial charge in [-0.1, -0.05) is 11.6 Å². The van der Waals surface area contributed by atoms with Crippen molar-refractivity contribution >= 4 is 28.7 Å². The monoisotopic (exact) mass is 215 g/mol. The maximum atomic E-state index is 11.3. The average Bonchev–Trinajstić information content (AvgIpc) is 2.64. The van der Waals surface area contributed by atoms with Gasteiger partial charge in [-0.2, -0.15) is 0 Å². The molecule has 13 heavy (non-hydrogen) atoms. The molecule has 0 radical (unpaired) electrons. The van der Waals surface area contributed by atoms with Gasteiger partial charge < -0.3 is 5.32 Å². The molecule has 4 heteroatoms. The van der Waals surface area contributed by atoms with Gasteiger partial charge in [0.05, 0.1) is 10.9 Å². The molecule has 1 aliphatic rings. The van der Waals surface area contributed by atoms with E-state index in [1.54, 1.807) is 11.3 Å². The summed E-state index contributed by atoms with van der Waals surface area (Å²) in [5.74, 6) is 0.485. The van der Waals surface area contributed by atoms with Crippen LogP contribution in [0.3, 0.4) is 0 Å². The lowest BCUT2D eigenvalue weighted by atomic mass is 10.0. The molecule has 1 fully saturated rings. The lowest BCUT2D eigenvalue weighted by molar-refractivity contribution is -0.119. The fraction of sp³-hybridized carbons (Fsp3) is 0.444. The fourth-order valence-corrected chi connectivity index (χ4v) is 2.69. The largest absolute Gasteiger partial charge is 0.309 e. The van der Waals surface area contributed by atoms with Gasteiger partial charge in [0.1, 0.15) is 0 Å². The summed E-state index contributed by atoms with van der Waals surface area (Å²) >= 11 is 7.36. The van der Waals surface area contributed by atoms with E-state index >= 15 is 0 Å². The molecule has 1 N–H and O–H groups in total. The normalized spacial score (nSPS) is 22.5. The molecule has 1 atom stereocenters. The van der Waals surface area contributed by atoms with Gasteiger partial charge in [0.15, 0.2) is 5.78 Å². The van der Waals surface area contributed by atoms with Crippen molar-refractivity contribution < 1.29 is 4.79 Å². The van der Waals surface area contributed by atoms with Gasteiger partial charge in [0.2, 0.25) is 0 Å². The van der Waals surface area contributed by atoms with Crippen molar-refractivity contribution in [1.29, 1.82) is 0 Å². The summed E-state index contributed by atoms with van der Waals surface area (Å²) in [7, 11) is 0. The maximum Gasteiger partial charge on any atom is 0.151 e. The molecule has 0 aromatic carbocycles. The lowest BCUT2D eigenvalue weighted by Crippen LogP contribution is -2.13. The second kappa shape index (κ2) is 3.78. The van der Waals surface area contributed by atoms with Crippen molar-refractivity contribution in [2.45, 2.75) is 6.42 Å². The Bertz CT molecular complexity index is 323. The second-order valence-corrected chi connectivity index (χ2v) is 5.00. The fourth-order valence-electron chi connectivity index (χ4n) is 1.52. The van der Waals surface area contributed by atoms with E-state index in [1.165, 1.54) is 4.88 Å². The number of rotatable bonds is 2. The molecule has 2 rings (SSSR count). The van der Waals surface area contributed by atoms with E-state index in [4.69, 9.17) is 11.6 Å². The molecule has 1 aromatic heterocycles. The third kappa shape index (κ3) is 2.10. The maximum absolute atomic E-state index is 11.3. The molecule has 1 saturated heterocycles. The lowest BCUT2D eigenvalue weighted by Gasteiger charge is -2.03. The Morgan fingerprint density at radius 3 is 3.00 bits per heavy atom. The highest BCUT2D eigenvalue weighted by Crippen LogP contribution is 2.24. The quantitative estimate of drug-likeness (QED) is 0.814. The van der Waals surface area contributed by atoms with Crippen molar-refractivity contribution in [3.8, 4) is 0 Å². The zero-order valence-corrected chi connectivity index (χ0v) is 8.62. The zero-order valence-electron chi connectivity index (χ0n) is 7.05. The van der Waals surface area contributed by atoms with Gasteiger partial charge in [-0.3, -0.25) is 4.79 Å². The molecule has 70 valence electrons. The number of carbonyl (C=O) groups is 1. The van der Waals surface area contributed by atoms with E-state index in [2.05, 4.69) is 5.32 Å². The predicted octanol–water partition coefficient (Wildman–Crippen LogP) is 1.73. The number of Topliss-reactive ketones (excluding diaryl/α,β-unsaturated/α-hetero) is 1. The minimum Gasteiger partial charge on any atom is -0.309 e. The van der Waals surface area contributed by atoms with Crippen LogP contribution in [0.4, 0.5) is 0 Å². The Labute approximate surface area is 85.9 Å². The number of halogens is 1. The molecule has 2 nitrogen and oxygen atoms in total. The number of nitrogens with one attached hydrogen (secondary N) is 1. The van der Waals surface area contributed by atoms with Crippen LogP contribution in [0, 0.1) is 5.92 Å². The van der Waals surface area contributed by atoms with Gasteiger partial charge in [0.25, 0.3) is 0 Å². The number of hydrogen-bond donors (Lipinski definition) is 1. The van der Waals surface area contributed by atoms with Gasteiger partial charge in [-0.25, -0.2) is 0 Å². The van der Waals surface area contributed by atoms with Crippen molar-refractivity contribution in [3.05, 3.63) is 21.3 Å². The first kappa shape index (κ1) is 9.19. The Balaban J connectivity index is 2.01. The highest BCUT2D eigenvalue weighted by Gasteiger charge is 2.24. The van der Waals surface area contributed by atoms with Crippen LogP contribution >= 0.6 is 22.9 Å². The van der Waals surface area contributed by atoms with Crippen LogP contribution in [0.2, 0.25) is 4.34 Å². The van der Waals surface area contributed by atoms with Gasteiger partial charge in [-0.15, -0.1) is 11.3 Å². The van der Waals surface area contributed by atoms with Crippen molar-refractivity contribution in [2.75, 3.05) is 13.1 Å². The van der Waals surface area contributed by atoms with Crippen molar-refractivity contribution in [2.24, 2.45) is 5.92 Å². The van der Waals surface area contributed by atoms with Crippen LogP contribution in [-0.2, 0) is 11.2 Å². The highest BCUT2D eigenvalue weighted by molar-refractivity contribution is 7.16. The van der Waals surface area contributed by atoms with Crippen LogP contribution in [-0.4, -0.2) is 18.9 Å². The predicted molar refractivity (Wildman–Crippen MR) is 54.4 cm³/mol. The third-order valence-corrected chi connectivity index (χ3v) is 3.48. The van der Waals surface area contributed by atoms with E-state index in [9.17, 15) is 4.79 Å². The summed E-state index contributed by atoms with van der Waals surface area (Å²) in [6, 6.07) is 3.88. The first-order valence-electron chi connectivity index (χ1n) is 4.23. The van der Waals surface area contributed by atoms with E-state index in [0.717, 1.165) is 17.3 Å². The number of ketones is 1. The Morgan fingerprint density at radius 1 is 1.62 bits per heavy atom. The topological polar surface area (TPSA) is 29.1 Å². The smallest absolute Gasteiger partial charge is 0.151 e. The van der Waals surface area contributed by atoms with Crippen LogP contribution in [0.15, 0.2) is 12.1 Å². The SMILES string of the molecule is O=C1CNCC1Cc1ccc(Cl)s1. The Morgan fingerprint density at radius 2 is 2.46 bits per heavy atom. The zero-order chi connectivity index (χ0) is 9.26. The summed E-state index contributed by atoms with van der Waals surface area (Å²) in [5, 5.41) is 3.07.